The minimum absolute atomic E-state index is 0.0369. The van der Waals surface area contributed by atoms with Gasteiger partial charge in [0.05, 0.1) is 6.26 Å². The first kappa shape index (κ1) is 12.9. The van der Waals surface area contributed by atoms with Gasteiger partial charge < -0.3 is 14.3 Å². The van der Waals surface area contributed by atoms with Crippen LogP contribution in [-0.2, 0) is 6.54 Å². The molecule has 2 aromatic heterocycles. The highest BCUT2D eigenvalue weighted by Gasteiger charge is 2.22. The number of aromatic nitrogens is 2. The lowest BCUT2D eigenvalue weighted by atomic mass is 10.1. The van der Waals surface area contributed by atoms with Gasteiger partial charge in [-0.05, 0) is 38.4 Å². The van der Waals surface area contributed by atoms with Crippen molar-refractivity contribution in [2.24, 2.45) is 0 Å². The Hall–Kier alpha value is -1.55. The predicted molar refractivity (Wildman–Crippen MR) is 71.5 cm³/mol. The molecule has 0 aromatic carbocycles. The van der Waals surface area contributed by atoms with Crippen LogP contribution < -0.4 is 5.32 Å². The van der Waals surface area contributed by atoms with Crippen LogP contribution in [0.1, 0.15) is 43.5 Å². The van der Waals surface area contributed by atoms with E-state index in [1.165, 1.54) is 0 Å². The lowest BCUT2D eigenvalue weighted by molar-refractivity contribution is 0.424. The van der Waals surface area contributed by atoms with Crippen molar-refractivity contribution < 1.29 is 4.42 Å². The quantitative estimate of drug-likeness (QED) is 0.853. The predicted octanol–water partition coefficient (Wildman–Crippen LogP) is 2.89. The Balaban J connectivity index is 2.34. The first-order valence-electron chi connectivity index (χ1n) is 6.56. The molecular formula is C14H21N3O. The Morgan fingerprint density at radius 3 is 2.89 bits per heavy atom. The van der Waals surface area contributed by atoms with Crippen LogP contribution in [0.3, 0.4) is 0 Å². The van der Waals surface area contributed by atoms with Crippen LogP contribution >= 0.6 is 0 Å². The molecule has 0 saturated carbocycles. The van der Waals surface area contributed by atoms with Crippen molar-refractivity contribution in [2.45, 2.75) is 39.8 Å². The Labute approximate surface area is 108 Å². The van der Waals surface area contributed by atoms with Crippen molar-refractivity contribution in [1.29, 1.82) is 0 Å². The van der Waals surface area contributed by atoms with E-state index in [1.807, 2.05) is 18.5 Å². The molecule has 18 heavy (non-hydrogen) atoms. The SMILES string of the molecule is CCCNC(c1occc1C)c1nccn1CC. The molecule has 2 rings (SSSR count). The monoisotopic (exact) mass is 247 g/mol. The standard InChI is InChI=1S/C14H21N3O/c1-4-7-15-12(13-11(3)6-10-18-13)14-16-8-9-17(14)5-2/h6,8-10,12,15H,4-5,7H2,1-3H3. The van der Waals surface area contributed by atoms with Crippen LogP contribution in [0.25, 0.3) is 0 Å². The number of rotatable bonds is 6. The van der Waals surface area contributed by atoms with E-state index in [0.717, 1.165) is 36.7 Å². The fraction of sp³-hybridized carbons (Fsp3) is 0.500. The number of furan rings is 1. The second-order valence-electron chi connectivity index (χ2n) is 4.43. The van der Waals surface area contributed by atoms with Gasteiger partial charge in [0.1, 0.15) is 17.6 Å². The molecule has 0 aliphatic rings. The summed E-state index contributed by atoms with van der Waals surface area (Å²) in [6.07, 6.45) is 6.68. The number of imidazole rings is 1. The first-order valence-corrected chi connectivity index (χ1v) is 6.56. The highest BCUT2D eigenvalue weighted by molar-refractivity contribution is 5.24. The van der Waals surface area contributed by atoms with E-state index in [-0.39, 0.29) is 6.04 Å². The number of hydrogen-bond donors (Lipinski definition) is 1. The molecule has 0 amide bonds. The van der Waals surface area contributed by atoms with Crippen LogP contribution in [0.5, 0.6) is 0 Å². The maximum absolute atomic E-state index is 5.63. The lowest BCUT2D eigenvalue weighted by Crippen LogP contribution is -2.26. The average Bonchev–Trinajstić information content (AvgIpc) is 2.99. The summed E-state index contributed by atoms with van der Waals surface area (Å²) in [4.78, 5) is 4.48. The average molecular weight is 247 g/mol. The Morgan fingerprint density at radius 1 is 1.44 bits per heavy atom. The van der Waals surface area contributed by atoms with Crippen molar-refractivity contribution in [1.82, 2.24) is 14.9 Å². The summed E-state index contributed by atoms with van der Waals surface area (Å²) >= 11 is 0. The molecule has 0 saturated heterocycles. The smallest absolute Gasteiger partial charge is 0.133 e. The van der Waals surface area contributed by atoms with Crippen LogP contribution in [0.4, 0.5) is 0 Å². The summed E-state index contributed by atoms with van der Waals surface area (Å²) < 4.78 is 7.78. The molecule has 1 unspecified atom stereocenters. The first-order chi connectivity index (χ1) is 8.77. The largest absolute Gasteiger partial charge is 0.467 e. The summed E-state index contributed by atoms with van der Waals surface area (Å²) in [5.41, 5.74) is 1.16. The van der Waals surface area contributed by atoms with E-state index < -0.39 is 0 Å². The number of aryl methyl sites for hydroxylation is 2. The highest BCUT2D eigenvalue weighted by atomic mass is 16.3. The number of nitrogens with one attached hydrogen (secondary N) is 1. The van der Waals surface area contributed by atoms with Gasteiger partial charge in [0.2, 0.25) is 0 Å². The van der Waals surface area contributed by atoms with Gasteiger partial charge in [-0.1, -0.05) is 6.92 Å². The highest BCUT2D eigenvalue weighted by Crippen LogP contribution is 2.24. The summed E-state index contributed by atoms with van der Waals surface area (Å²) in [6.45, 7) is 8.21. The molecule has 0 spiro atoms. The molecule has 1 N–H and O–H groups in total. The Kier molecular flexibility index (Phi) is 4.20. The normalized spacial score (nSPS) is 12.8. The van der Waals surface area contributed by atoms with Gasteiger partial charge in [-0.15, -0.1) is 0 Å². The third-order valence-electron chi connectivity index (χ3n) is 3.11. The van der Waals surface area contributed by atoms with Crippen molar-refractivity contribution in [3.63, 3.8) is 0 Å². The second kappa shape index (κ2) is 5.87. The lowest BCUT2D eigenvalue weighted by Gasteiger charge is -2.18. The van der Waals surface area contributed by atoms with Crippen molar-refractivity contribution in [3.05, 3.63) is 41.9 Å². The second-order valence-corrected chi connectivity index (χ2v) is 4.43. The number of hydrogen-bond acceptors (Lipinski definition) is 3. The van der Waals surface area contributed by atoms with Gasteiger partial charge in [-0.25, -0.2) is 4.98 Å². The van der Waals surface area contributed by atoms with E-state index in [9.17, 15) is 0 Å². The van der Waals surface area contributed by atoms with E-state index in [0.29, 0.717) is 0 Å². The summed E-state index contributed by atoms with van der Waals surface area (Å²) in [5, 5.41) is 3.51. The minimum Gasteiger partial charge on any atom is -0.467 e. The fourth-order valence-electron chi connectivity index (χ4n) is 2.12. The zero-order valence-corrected chi connectivity index (χ0v) is 11.3. The fourth-order valence-corrected chi connectivity index (χ4v) is 2.12. The molecule has 0 aliphatic heterocycles. The zero-order chi connectivity index (χ0) is 13.0. The molecule has 98 valence electrons. The van der Waals surface area contributed by atoms with Gasteiger partial charge in [0.25, 0.3) is 0 Å². The van der Waals surface area contributed by atoms with Crippen LogP contribution in [-0.4, -0.2) is 16.1 Å². The molecule has 1 atom stereocenters. The van der Waals surface area contributed by atoms with Crippen LogP contribution in [0.2, 0.25) is 0 Å². The van der Waals surface area contributed by atoms with Gasteiger partial charge in [0, 0.05) is 18.9 Å². The van der Waals surface area contributed by atoms with Gasteiger partial charge >= 0.3 is 0 Å². The molecule has 2 heterocycles. The molecule has 0 radical (unpaired) electrons. The van der Waals surface area contributed by atoms with E-state index in [1.54, 1.807) is 6.26 Å². The third kappa shape index (κ3) is 2.48. The van der Waals surface area contributed by atoms with Crippen LogP contribution in [0, 0.1) is 6.92 Å². The summed E-state index contributed by atoms with van der Waals surface area (Å²) in [5.74, 6) is 1.98. The molecule has 4 heteroatoms. The van der Waals surface area contributed by atoms with E-state index in [4.69, 9.17) is 4.42 Å². The summed E-state index contributed by atoms with van der Waals surface area (Å²) in [6, 6.07) is 2.03. The molecular weight excluding hydrogens is 226 g/mol. The molecule has 0 fully saturated rings. The zero-order valence-electron chi connectivity index (χ0n) is 11.3. The minimum atomic E-state index is 0.0369. The maximum Gasteiger partial charge on any atom is 0.133 e. The van der Waals surface area contributed by atoms with Gasteiger partial charge in [0.15, 0.2) is 0 Å². The van der Waals surface area contributed by atoms with Crippen molar-refractivity contribution in [3.8, 4) is 0 Å². The molecule has 4 nitrogen and oxygen atoms in total. The van der Waals surface area contributed by atoms with Gasteiger partial charge in [-0.3, -0.25) is 0 Å². The van der Waals surface area contributed by atoms with Crippen molar-refractivity contribution >= 4 is 0 Å². The molecule has 0 bridgehead atoms. The Bertz CT molecular complexity index is 487. The third-order valence-corrected chi connectivity index (χ3v) is 3.11. The topological polar surface area (TPSA) is 43.0 Å². The van der Waals surface area contributed by atoms with Gasteiger partial charge in [-0.2, -0.15) is 0 Å². The number of nitrogens with zero attached hydrogens (tertiary/aromatic N) is 2. The summed E-state index contributed by atoms with van der Waals surface area (Å²) in [7, 11) is 0. The molecule has 0 aliphatic carbocycles. The Morgan fingerprint density at radius 2 is 2.28 bits per heavy atom. The maximum atomic E-state index is 5.63. The van der Waals surface area contributed by atoms with E-state index >= 15 is 0 Å². The van der Waals surface area contributed by atoms with Crippen molar-refractivity contribution in [2.75, 3.05) is 6.54 Å². The van der Waals surface area contributed by atoms with E-state index in [2.05, 4.69) is 35.6 Å². The van der Waals surface area contributed by atoms with Crippen LogP contribution in [0.15, 0.2) is 29.1 Å². The molecule has 2 aromatic rings.